The number of thiophene rings is 1. The van der Waals surface area contributed by atoms with Crippen molar-refractivity contribution >= 4 is 46.5 Å². The third-order valence-electron chi connectivity index (χ3n) is 4.41. The van der Waals surface area contributed by atoms with E-state index in [4.69, 9.17) is 11.6 Å². The van der Waals surface area contributed by atoms with Gasteiger partial charge in [0.05, 0.1) is 27.8 Å². The molecule has 0 saturated heterocycles. The van der Waals surface area contributed by atoms with Crippen molar-refractivity contribution < 1.29 is 9.59 Å². The molecular weight excluding hydrogens is 466 g/mol. The van der Waals surface area contributed by atoms with Crippen LogP contribution in [0.5, 0.6) is 0 Å². The number of nitrogens with one attached hydrogen (secondary N) is 2. The number of hydrazine groups is 1. The van der Waals surface area contributed by atoms with Gasteiger partial charge in [-0.25, -0.2) is 0 Å². The maximum absolute atomic E-state index is 12.3. The summed E-state index contributed by atoms with van der Waals surface area (Å²) in [6.45, 7) is 0.578. The summed E-state index contributed by atoms with van der Waals surface area (Å²) in [4.78, 5) is 25.5. The van der Waals surface area contributed by atoms with Gasteiger partial charge < -0.3 is 0 Å². The Morgan fingerprint density at radius 1 is 0.969 bits per heavy atom. The van der Waals surface area contributed by atoms with E-state index in [2.05, 4.69) is 21.0 Å². The largest absolute Gasteiger partial charge is 0.297 e. The third-order valence-corrected chi connectivity index (χ3v) is 6.57. The van der Waals surface area contributed by atoms with Crippen molar-refractivity contribution in [1.82, 2.24) is 25.6 Å². The Bertz CT molecular complexity index is 1210. The molecular formula is C22H18ClN5O2S2. The molecule has 0 fully saturated rings. The van der Waals surface area contributed by atoms with Gasteiger partial charge >= 0.3 is 0 Å². The Kier molecular flexibility index (Phi) is 7.21. The zero-order valence-corrected chi connectivity index (χ0v) is 19.1. The molecule has 0 aliphatic heterocycles. The molecule has 4 rings (SSSR count). The number of nitrogens with zero attached hydrogens (tertiary/aromatic N) is 3. The molecule has 10 heteroatoms. The minimum Gasteiger partial charge on any atom is -0.297 e. The molecule has 2 N–H and O–H groups in total. The maximum Gasteiger partial charge on any atom is 0.271 e. The van der Waals surface area contributed by atoms with Gasteiger partial charge in [-0.2, -0.15) is 0 Å². The number of hydrogen-bond acceptors (Lipinski definition) is 6. The molecule has 2 aromatic carbocycles. The van der Waals surface area contributed by atoms with Crippen molar-refractivity contribution in [3.05, 3.63) is 88.3 Å². The van der Waals surface area contributed by atoms with Crippen molar-refractivity contribution in [2.45, 2.75) is 11.7 Å². The van der Waals surface area contributed by atoms with E-state index in [0.717, 1.165) is 16.3 Å². The van der Waals surface area contributed by atoms with Gasteiger partial charge in [0, 0.05) is 0 Å². The van der Waals surface area contributed by atoms with Crippen molar-refractivity contribution in [3.63, 3.8) is 0 Å². The van der Waals surface area contributed by atoms with E-state index in [0.29, 0.717) is 16.7 Å². The normalized spacial score (nSPS) is 10.7. The summed E-state index contributed by atoms with van der Waals surface area (Å²) >= 11 is 8.84. The average molecular weight is 484 g/mol. The zero-order valence-electron chi connectivity index (χ0n) is 16.7. The van der Waals surface area contributed by atoms with Crippen LogP contribution in [0.2, 0.25) is 5.02 Å². The van der Waals surface area contributed by atoms with Crippen molar-refractivity contribution in [1.29, 1.82) is 0 Å². The van der Waals surface area contributed by atoms with Gasteiger partial charge in [0.1, 0.15) is 0 Å². The number of rotatable bonds is 7. The molecule has 2 amide bonds. The smallest absolute Gasteiger partial charge is 0.271 e. The Hall–Kier alpha value is -3.14. The second-order valence-electron chi connectivity index (χ2n) is 6.63. The van der Waals surface area contributed by atoms with E-state index in [-0.39, 0.29) is 17.2 Å². The fraction of sp³-hybridized carbons (Fsp3) is 0.0909. The topological polar surface area (TPSA) is 88.9 Å². The summed E-state index contributed by atoms with van der Waals surface area (Å²) < 4.78 is 1.99. The molecule has 0 aliphatic rings. The number of aromatic nitrogens is 3. The summed E-state index contributed by atoms with van der Waals surface area (Å²) in [5, 5.41) is 11.5. The first kappa shape index (κ1) is 22.1. The molecule has 162 valence electrons. The van der Waals surface area contributed by atoms with Gasteiger partial charge in [-0.1, -0.05) is 71.9 Å². The Balaban J connectivity index is 1.42. The highest BCUT2D eigenvalue weighted by Gasteiger charge is 2.17. The first-order chi connectivity index (χ1) is 15.6. The molecule has 2 heterocycles. The molecule has 32 heavy (non-hydrogen) atoms. The van der Waals surface area contributed by atoms with Crippen LogP contribution in [0.1, 0.15) is 15.9 Å². The van der Waals surface area contributed by atoms with Crippen LogP contribution in [0.4, 0.5) is 0 Å². The lowest BCUT2D eigenvalue weighted by molar-refractivity contribution is -0.119. The Labute approximate surface area is 197 Å². The monoisotopic (exact) mass is 483 g/mol. The quantitative estimate of drug-likeness (QED) is 0.303. The fourth-order valence-corrected chi connectivity index (χ4v) is 4.57. The maximum atomic E-state index is 12.3. The molecule has 0 spiro atoms. The van der Waals surface area contributed by atoms with E-state index in [9.17, 15) is 9.59 Å². The van der Waals surface area contributed by atoms with E-state index < -0.39 is 5.91 Å². The van der Waals surface area contributed by atoms with Crippen LogP contribution in [0.3, 0.4) is 0 Å². The molecule has 0 unspecified atom stereocenters. The predicted octanol–water partition coefficient (Wildman–Crippen LogP) is 4.26. The minimum absolute atomic E-state index is 0.0557. The second-order valence-corrected chi connectivity index (χ2v) is 8.92. The Morgan fingerprint density at radius 3 is 2.50 bits per heavy atom. The number of carbonyl (C=O) groups is 2. The highest BCUT2D eigenvalue weighted by atomic mass is 35.5. The minimum atomic E-state index is -0.485. The van der Waals surface area contributed by atoms with Gasteiger partial charge in [0.2, 0.25) is 5.91 Å². The van der Waals surface area contributed by atoms with E-state index in [1.165, 1.54) is 11.8 Å². The lowest BCUT2D eigenvalue weighted by atomic mass is 10.2. The van der Waals surface area contributed by atoms with Crippen LogP contribution in [0.15, 0.2) is 77.3 Å². The molecule has 0 bridgehead atoms. The van der Waals surface area contributed by atoms with Crippen molar-refractivity contribution in [3.8, 4) is 10.7 Å². The predicted molar refractivity (Wildman–Crippen MR) is 127 cm³/mol. The molecule has 2 aromatic heterocycles. The molecule has 0 aliphatic carbocycles. The number of hydrogen-bond donors (Lipinski definition) is 2. The SMILES string of the molecule is O=C(CSc1nnc(-c2cccs2)n1Cc1ccccc1)NNC(=O)c1ccccc1Cl. The van der Waals surface area contributed by atoms with Gasteiger partial charge in [-0.3, -0.25) is 25.0 Å². The van der Waals surface area contributed by atoms with Gasteiger partial charge in [0.25, 0.3) is 5.91 Å². The summed E-state index contributed by atoms with van der Waals surface area (Å²) in [5.41, 5.74) is 6.17. The lowest BCUT2D eigenvalue weighted by Gasteiger charge is -2.10. The van der Waals surface area contributed by atoms with Crippen LogP contribution in [0.25, 0.3) is 10.7 Å². The standard InChI is InChI=1S/C22H18ClN5O2S2/c23-17-10-5-4-9-16(17)21(30)26-24-19(29)14-32-22-27-25-20(18-11-6-12-31-18)28(22)13-15-7-2-1-3-8-15/h1-12H,13-14H2,(H,24,29)(H,26,30). The molecule has 7 nitrogen and oxygen atoms in total. The van der Waals surface area contributed by atoms with Crippen LogP contribution in [0, 0.1) is 0 Å². The second kappa shape index (κ2) is 10.4. The van der Waals surface area contributed by atoms with Crippen molar-refractivity contribution in [2.75, 3.05) is 5.75 Å². The third kappa shape index (κ3) is 5.37. The highest BCUT2D eigenvalue weighted by Crippen LogP contribution is 2.28. The number of benzene rings is 2. The summed E-state index contributed by atoms with van der Waals surface area (Å²) in [5.74, 6) is -0.0533. The van der Waals surface area contributed by atoms with Crippen LogP contribution in [-0.4, -0.2) is 32.3 Å². The van der Waals surface area contributed by atoms with E-state index >= 15 is 0 Å². The number of thioether (sulfide) groups is 1. The molecule has 0 atom stereocenters. The lowest BCUT2D eigenvalue weighted by Crippen LogP contribution is -2.42. The molecule has 0 saturated carbocycles. The number of carbonyl (C=O) groups excluding carboxylic acids is 2. The van der Waals surface area contributed by atoms with E-state index in [1.807, 2.05) is 52.4 Å². The van der Waals surface area contributed by atoms with Crippen LogP contribution >= 0.6 is 34.7 Å². The average Bonchev–Trinajstić information content (AvgIpc) is 3.47. The summed E-state index contributed by atoms with van der Waals surface area (Å²) in [6, 6.07) is 20.5. The molecule has 4 aromatic rings. The van der Waals surface area contributed by atoms with Gasteiger partial charge in [-0.15, -0.1) is 21.5 Å². The summed E-state index contributed by atoms with van der Waals surface area (Å²) in [6.07, 6.45) is 0. The first-order valence-corrected chi connectivity index (χ1v) is 11.8. The highest BCUT2D eigenvalue weighted by molar-refractivity contribution is 7.99. The number of amides is 2. The fourth-order valence-electron chi connectivity index (χ4n) is 2.90. The van der Waals surface area contributed by atoms with E-state index in [1.54, 1.807) is 35.6 Å². The first-order valence-electron chi connectivity index (χ1n) is 9.59. The molecule has 0 radical (unpaired) electrons. The van der Waals surface area contributed by atoms with Gasteiger partial charge in [-0.05, 0) is 29.1 Å². The Morgan fingerprint density at radius 2 is 1.75 bits per heavy atom. The van der Waals surface area contributed by atoms with Gasteiger partial charge in [0.15, 0.2) is 11.0 Å². The van der Waals surface area contributed by atoms with Crippen molar-refractivity contribution in [2.24, 2.45) is 0 Å². The van der Waals surface area contributed by atoms with Crippen LogP contribution in [-0.2, 0) is 11.3 Å². The zero-order chi connectivity index (χ0) is 22.3. The van der Waals surface area contributed by atoms with Crippen LogP contribution < -0.4 is 10.9 Å². The number of halogens is 1. The summed E-state index contributed by atoms with van der Waals surface area (Å²) in [7, 11) is 0.